The number of unbranched alkanes of at least 4 members (excludes halogenated alkanes) is 51. The number of nitrogens with one attached hydrogen (secondary N) is 1. The van der Waals surface area contributed by atoms with Crippen molar-refractivity contribution in [2.24, 2.45) is 0 Å². The molecule has 450 valence electrons. The second kappa shape index (κ2) is 58.2. The van der Waals surface area contributed by atoms with Crippen LogP contribution in [0.3, 0.4) is 0 Å². The molecular formula is C66H135N2O6P. The van der Waals surface area contributed by atoms with E-state index in [2.05, 4.69) is 19.2 Å². The fourth-order valence-corrected chi connectivity index (χ4v) is 11.5. The summed E-state index contributed by atoms with van der Waals surface area (Å²) in [5.74, 6) is -0.155. The second-order valence-electron chi connectivity index (χ2n) is 24.9. The summed E-state index contributed by atoms with van der Waals surface area (Å²) in [5.41, 5.74) is 0. The molecule has 0 aromatic rings. The van der Waals surface area contributed by atoms with E-state index in [4.69, 9.17) is 9.05 Å². The summed E-state index contributed by atoms with van der Waals surface area (Å²) in [5, 5.41) is 14.1. The lowest BCUT2D eigenvalue weighted by atomic mass is 10.0. The van der Waals surface area contributed by atoms with Crippen LogP contribution < -0.4 is 10.2 Å². The molecule has 0 aliphatic carbocycles. The molecule has 0 aliphatic rings. The standard InChI is InChI=1S/C66H135N2O6P/c1-6-8-10-12-14-16-18-20-22-24-25-26-27-28-29-30-31-32-33-34-35-36-37-38-39-40-41-42-44-46-48-50-52-54-56-58-60-66(70)67-64(63-74-75(71,72)73-62-61-68(3,4)5)65(69)59-57-55-53-51-49-47-45-43-23-21-19-17-15-13-11-9-7-2/h64-65,69H,6-63H2,1-5H3,(H-,67,70,71,72)/t64-,65+/m0/s1. The number of aliphatic hydroxyl groups excluding tert-OH is 1. The number of hydrogen-bond acceptors (Lipinski definition) is 6. The average Bonchev–Trinajstić information content (AvgIpc) is 3.37. The van der Waals surface area contributed by atoms with Gasteiger partial charge in [0.2, 0.25) is 5.91 Å². The summed E-state index contributed by atoms with van der Waals surface area (Å²) >= 11 is 0. The zero-order valence-electron chi connectivity index (χ0n) is 51.5. The molecular weight excluding hydrogens is 948 g/mol. The highest BCUT2D eigenvalue weighted by atomic mass is 31.2. The maximum Gasteiger partial charge on any atom is 0.268 e. The zero-order valence-corrected chi connectivity index (χ0v) is 52.4. The highest BCUT2D eigenvalue weighted by Gasteiger charge is 2.24. The maximum absolute atomic E-state index is 13.0. The van der Waals surface area contributed by atoms with Crippen LogP contribution in [0.1, 0.15) is 367 Å². The quantitative estimate of drug-likeness (QED) is 0.0357. The number of phosphoric acid groups is 1. The number of nitrogens with zero attached hydrogens (tertiary/aromatic N) is 1. The van der Waals surface area contributed by atoms with E-state index in [0.717, 1.165) is 38.5 Å². The molecule has 0 aliphatic heterocycles. The van der Waals surface area contributed by atoms with Crippen molar-refractivity contribution in [3.8, 4) is 0 Å². The van der Waals surface area contributed by atoms with Gasteiger partial charge in [0, 0.05) is 6.42 Å². The van der Waals surface area contributed by atoms with Crippen molar-refractivity contribution in [3.63, 3.8) is 0 Å². The minimum atomic E-state index is -4.57. The summed E-state index contributed by atoms with van der Waals surface area (Å²) in [6, 6.07) is -0.796. The Morgan fingerprint density at radius 2 is 0.653 bits per heavy atom. The summed E-state index contributed by atoms with van der Waals surface area (Å²) in [6.45, 7) is 4.79. The third-order valence-electron chi connectivity index (χ3n) is 16.1. The Morgan fingerprint density at radius 3 is 0.907 bits per heavy atom. The van der Waals surface area contributed by atoms with Crippen LogP contribution in [0.5, 0.6) is 0 Å². The molecule has 1 amide bonds. The molecule has 0 heterocycles. The molecule has 0 bridgehead atoms. The minimum absolute atomic E-state index is 0.0167. The van der Waals surface area contributed by atoms with Gasteiger partial charge in [-0.2, -0.15) is 0 Å². The van der Waals surface area contributed by atoms with Gasteiger partial charge in [-0.15, -0.1) is 0 Å². The van der Waals surface area contributed by atoms with Gasteiger partial charge >= 0.3 is 0 Å². The van der Waals surface area contributed by atoms with E-state index in [1.165, 1.54) is 302 Å². The fraction of sp³-hybridized carbons (Fsp3) is 0.985. The van der Waals surface area contributed by atoms with Crippen LogP contribution in [-0.2, 0) is 18.4 Å². The lowest BCUT2D eigenvalue weighted by molar-refractivity contribution is -0.870. The van der Waals surface area contributed by atoms with Crippen molar-refractivity contribution >= 4 is 13.7 Å². The molecule has 0 fully saturated rings. The lowest BCUT2D eigenvalue weighted by Crippen LogP contribution is -2.46. The largest absolute Gasteiger partial charge is 0.756 e. The molecule has 9 heteroatoms. The average molecular weight is 1080 g/mol. The Labute approximate surface area is 470 Å². The zero-order chi connectivity index (χ0) is 54.9. The predicted molar refractivity (Wildman–Crippen MR) is 326 cm³/mol. The Kier molecular flexibility index (Phi) is 57.8. The van der Waals surface area contributed by atoms with Crippen molar-refractivity contribution in [2.45, 2.75) is 379 Å². The van der Waals surface area contributed by atoms with Crippen molar-refractivity contribution in [3.05, 3.63) is 0 Å². The molecule has 0 aromatic carbocycles. The number of rotatable bonds is 64. The monoisotopic (exact) mass is 1080 g/mol. The van der Waals surface area contributed by atoms with Crippen molar-refractivity contribution in [2.75, 3.05) is 40.9 Å². The van der Waals surface area contributed by atoms with E-state index in [1.807, 2.05) is 21.1 Å². The van der Waals surface area contributed by atoms with Crippen LogP contribution in [0.2, 0.25) is 0 Å². The summed E-state index contributed by atoms with van der Waals surface area (Å²) in [6.07, 6.45) is 71.9. The molecule has 2 N–H and O–H groups in total. The number of likely N-dealkylation sites (N-methyl/N-ethyl adjacent to an activating group) is 1. The maximum atomic E-state index is 13.0. The van der Waals surface area contributed by atoms with Gasteiger partial charge in [0.25, 0.3) is 7.82 Å². The molecule has 0 rings (SSSR count). The SMILES string of the molecule is CCCCCCCCCCCCCCCCCCCCCCCCCCCCCCCCCCCCCCC(=O)N[C@@H](COP(=O)([O-])OCC[N+](C)(C)C)[C@H](O)CCCCCCCCCCCCCCCCCCC. The van der Waals surface area contributed by atoms with E-state index < -0.39 is 20.0 Å². The minimum Gasteiger partial charge on any atom is -0.756 e. The third-order valence-corrected chi connectivity index (χ3v) is 17.1. The molecule has 0 radical (unpaired) electrons. The van der Waals surface area contributed by atoms with Crippen LogP contribution in [0, 0.1) is 0 Å². The Hall–Kier alpha value is -0.500. The first-order valence-electron chi connectivity index (χ1n) is 33.9. The van der Waals surface area contributed by atoms with Crippen LogP contribution in [-0.4, -0.2) is 68.5 Å². The van der Waals surface area contributed by atoms with Gasteiger partial charge in [-0.05, 0) is 12.8 Å². The fourth-order valence-electron chi connectivity index (χ4n) is 10.8. The van der Waals surface area contributed by atoms with Crippen LogP contribution in [0.4, 0.5) is 0 Å². The Balaban J connectivity index is 3.88. The van der Waals surface area contributed by atoms with Crippen LogP contribution in [0.25, 0.3) is 0 Å². The Morgan fingerprint density at radius 1 is 0.413 bits per heavy atom. The second-order valence-corrected chi connectivity index (χ2v) is 26.3. The van der Waals surface area contributed by atoms with E-state index in [-0.39, 0.29) is 19.1 Å². The number of carbonyl (C=O) groups excluding carboxylic acids is 1. The number of phosphoric ester groups is 1. The highest BCUT2D eigenvalue weighted by molar-refractivity contribution is 7.45. The van der Waals surface area contributed by atoms with Gasteiger partial charge in [-0.1, -0.05) is 348 Å². The molecule has 0 aromatic heterocycles. The molecule has 1 unspecified atom stereocenters. The number of quaternary nitrogens is 1. The summed E-state index contributed by atoms with van der Waals surface area (Å²) < 4.78 is 23.5. The first kappa shape index (κ1) is 74.5. The molecule has 0 spiro atoms. The highest BCUT2D eigenvalue weighted by Crippen LogP contribution is 2.38. The molecule has 75 heavy (non-hydrogen) atoms. The topological polar surface area (TPSA) is 108 Å². The molecule has 0 saturated heterocycles. The van der Waals surface area contributed by atoms with Gasteiger partial charge in [0.05, 0.1) is 39.9 Å². The van der Waals surface area contributed by atoms with Gasteiger partial charge in [-0.25, -0.2) is 0 Å². The molecule has 0 saturated carbocycles. The first-order chi connectivity index (χ1) is 36.5. The van der Waals surface area contributed by atoms with Gasteiger partial charge in [-0.3, -0.25) is 9.36 Å². The van der Waals surface area contributed by atoms with Gasteiger partial charge in [0.1, 0.15) is 13.2 Å². The van der Waals surface area contributed by atoms with Crippen LogP contribution in [0.15, 0.2) is 0 Å². The number of hydrogen-bond donors (Lipinski definition) is 2. The third kappa shape index (κ3) is 61.0. The van der Waals surface area contributed by atoms with Crippen LogP contribution >= 0.6 is 7.82 Å². The number of aliphatic hydroxyl groups is 1. The Bertz CT molecular complexity index is 1180. The predicted octanol–water partition coefficient (Wildman–Crippen LogP) is 20.5. The van der Waals surface area contributed by atoms with Crippen molar-refractivity contribution in [1.29, 1.82) is 0 Å². The van der Waals surface area contributed by atoms with E-state index >= 15 is 0 Å². The van der Waals surface area contributed by atoms with Gasteiger partial charge in [0.15, 0.2) is 0 Å². The number of carbonyl (C=O) groups is 1. The van der Waals surface area contributed by atoms with Gasteiger partial charge < -0.3 is 28.8 Å². The van der Waals surface area contributed by atoms with Crippen molar-refractivity contribution in [1.82, 2.24) is 5.32 Å². The van der Waals surface area contributed by atoms with E-state index in [9.17, 15) is 19.4 Å². The molecule has 8 nitrogen and oxygen atoms in total. The van der Waals surface area contributed by atoms with E-state index in [1.54, 1.807) is 0 Å². The normalized spacial score (nSPS) is 13.6. The first-order valence-corrected chi connectivity index (χ1v) is 35.3. The molecule has 3 atom stereocenters. The number of amides is 1. The summed E-state index contributed by atoms with van der Waals surface area (Å²) in [4.78, 5) is 25.6. The van der Waals surface area contributed by atoms with E-state index in [0.29, 0.717) is 23.9 Å². The summed E-state index contributed by atoms with van der Waals surface area (Å²) in [7, 11) is 1.33. The lowest BCUT2D eigenvalue weighted by Gasteiger charge is -2.30. The van der Waals surface area contributed by atoms with Crippen molar-refractivity contribution < 1.29 is 32.9 Å². The smallest absolute Gasteiger partial charge is 0.268 e.